The minimum atomic E-state index is -0.430. The van der Waals surface area contributed by atoms with Crippen LogP contribution < -0.4 is 0 Å². The Morgan fingerprint density at radius 2 is 2.29 bits per heavy atom. The SMILES string of the molecule is CN(Cc1c(F)cccc1Cl)C(=O)c1cc(C2CC2)on1. The zero-order valence-electron chi connectivity index (χ0n) is 11.5. The van der Waals surface area contributed by atoms with Gasteiger partial charge in [-0.1, -0.05) is 22.8 Å². The van der Waals surface area contributed by atoms with Gasteiger partial charge in [0.05, 0.1) is 6.54 Å². The number of halogens is 2. The summed E-state index contributed by atoms with van der Waals surface area (Å²) in [4.78, 5) is 13.6. The molecule has 110 valence electrons. The molecule has 1 heterocycles. The van der Waals surface area contributed by atoms with E-state index in [0.29, 0.717) is 16.5 Å². The Hall–Kier alpha value is -1.88. The number of benzene rings is 1. The normalized spacial score (nSPS) is 14.2. The molecule has 4 nitrogen and oxygen atoms in total. The average molecular weight is 309 g/mol. The van der Waals surface area contributed by atoms with Crippen LogP contribution in [-0.2, 0) is 6.54 Å². The number of amides is 1. The summed E-state index contributed by atoms with van der Waals surface area (Å²) in [5, 5.41) is 4.09. The number of hydrogen-bond acceptors (Lipinski definition) is 3. The Bertz CT molecular complexity index is 662. The van der Waals surface area contributed by atoms with Crippen LogP contribution in [0.4, 0.5) is 4.39 Å². The van der Waals surface area contributed by atoms with Crippen LogP contribution >= 0.6 is 11.6 Å². The van der Waals surface area contributed by atoms with Crippen LogP contribution in [0.3, 0.4) is 0 Å². The second-order valence-corrected chi connectivity index (χ2v) is 5.66. The fraction of sp³-hybridized carbons (Fsp3) is 0.333. The van der Waals surface area contributed by atoms with Crippen molar-refractivity contribution in [2.75, 3.05) is 7.05 Å². The second kappa shape index (κ2) is 5.48. The number of carbonyl (C=O) groups is 1. The number of hydrogen-bond donors (Lipinski definition) is 0. The van der Waals surface area contributed by atoms with Crippen molar-refractivity contribution in [3.05, 3.63) is 52.1 Å². The number of nitrogens with zero attached hydrogens (tertiary/aromatic N) is 2. The lowest BCUT2D eigenvalue weighted by molar-refractivity contribution is 0.0773. The van der Waals surface area contributed by atoms with Crippen LogP contribution in [0.15, 0.2) is 28.8 Å². The van der Waals surface area contributed by atoms with Crippen LogP contribution in [0.25, 0.3) is 0 Å². The van der Waals surface area contributed by atoms with Crippen molar-refractivity contribution in [3.63, 3.8) is 0 Å². The molecule has 3 rings (SSSR count). The summed E-state index contributed by atoms with van der Waals surface area (Å²) in [6, 6.07) is 6.11. The van der Waals surface area contributed by atoms with Gasteiger partial charge in [-0.15, -0.1) is 0 Å². The predicted octanol–water partition coefficient (Wildman–Crippen LogP) is 3.62. The molecule has 2 aromatic rings. The standard InChI is InChI=1S/C15H14ClFN2O2/c1-19(8-10-11(16)3-2-4-12(10)17)15(20)13-7-14(21-18-13)9-5-6-9/h2-4,7,9H,5-6,8H2,1H3. The van der Waals surface area contributed by atoms with Crippen molar-refractivity contribution < 1.29 is 13.7 Å². The molecule has 1 aromatic heterocycles. The van der Waals surface area contributed by atoms with E-state index in [0.717, 1.165) is 18.6 Å². The quantitative estimate of drug-likeness (QED) is 0.866. The van der Waals surface area contributed by atoms with E-state index in [2.05, 4.69) is 5.16 Å². The second-order valence-electron chi connectivity index (χ2n) is 5.25. The van der Waals surface area contributed by atoms with Crippen molar-refractivity contribution in [1.29, 1.82) is 0 Å². The van der Waals surface area contributed by atoms with Gasteiger partial charge in [-0.2, -0.15) is 0 Å². The van der Waals surface area contributed by atoms with Crippen LogP contribution in [0.2, 0.25) is 5.02 Å². The summed E-state index contributed by atoms with van der Waals surface area (Å²) in [7, 11) is 1.58. The fourth-order valence-corrected chi connectivity index (χ4v) is 2.36. The molecule has 1 fully saturated rings. The van der Waals surface area contributed by atoms with Crippen molar-refractivity contribution in [2.45, 2.75) is 25.3 Å². The molecule has 21 heavy (non-hydrogen) atoms. The lowest BCUT2D eigenvalue weighted by Gasteiger charge is -2.17. The maximum Gasteiger partial charge on any atom is 0.276 e. The van der Waals surface area contributed by atoms with Gasteiger partial charge < -0.3 is 9.42 Å². The predicted molar refractivity (Wildman–Crippen MR) is 75.7 cm³/mol. The van der Waals surface area contributed by atoms with Gasteiger partial charge >= 0.3 is 0 Å². The molecule has 0 atom stereocenters. The molecule has 0 N–H and O–H groups in total. The van der Waals surface area contributed by atoms with E-state index in [4.69, 9.17) is 16.1 Å². The molecular weight excluding hydrogens is 295 g/mol. The molecular formula is C15H14ClFN2O2. The molecule has 1 aliphatic carbocycles. The topological polar surface area (TPSA) is 46.3 Å². The van der Waals surface area contributed by atoms with Crippen molar-refractivity contribution in [1.82, 2.24) is 10.1 Å². The Labute approximate surface area is 126 Å². The molecule has 0 unspecified atom stereocenters. The zero-order valence-corrected chi connectivity index (χ0v) is 12.2. The third-order valence-corrected chi connectivity index (χ3v) is 3.88. The number of aromatic nitrogens is 1. The summed E-state index contributed by atoms with van der Waals surface area (Å²) in [6.45, 7) is 0.0793. The van der Waals surface area contributed by atoms with Crippen molar-refractivity contribution in [2.24, 2.45) is 0 Å². The van der Waals surface area contributed by atoms with E-state index in [9.17, 15) is 9.18 Å². The minimum absolute atomic E-state index is 0.0793. The Kier molecular flexibility index (Phi) is 3.68. The van der Waals surface area contributed by atoms with Gasteiger partial charge in [0.25, 0.3) is 5.91 Å². The first kappa shape index (κ1) is 14.1. The van der Waals surface area contributed by atoms with Gasteiger partial charge in [-0.25, -0.2) is 4.39 Å². The van der Waals surface area contributed by atoms with Gasteiger partial charge in [-0.05, 0) is 25.0 Å². The summed E-state index contributed by atoms with van der Waals surface area (Å²) in [5.41, 5.74) is 0.535. The molecule has 1 saturated carbocycles. The molecule has 6 heteroatoms. The smallest absolute Gasteiger partial charge is 0.276 e. The Balaban J connectivity index is 1.74. The molecule has 0 spiro atoms. The third kappa shape index (κ3) is 2.93. The molecule has 1 aromatic carbocycles. The van der Waals surface area contributed by atoms with E-state index in [1.165, 1.54) is 17.0 Å². The lowest BCUT2D eigenvalue weighted by Crippen LogP contribution is -2.27. The van der Waals surface area contributed by atoms with Crippen molar-refractivity contribution in [3.8, 4) is 0 Å². The number of carbonyl (C=O) groups excluding carboxylic acids is 1. The van der Waals surface area contributed by atoms with Crippen LogP contribution in [0.1, 0.15) is 40.6 Å². The highest BCUT2D eigenvalue weighted by atomic mass is 35.5. The van der Waals surface area contributed by atoms with Gasteiger partial charge in [0.2, 0.25) is 0 Å². The highest BCUT2D eigenvalue weighted by molar-refractivity contribution is 6.31. The minimum Gasteiger partial charge on any atom is -0.360 e. The highest BCUT2D eigenvalue weighted by Gasteiger charge is 2.29. The lowest BCUT2D eigenvalue weighted by atomic mass is 10.2. The molecule has 0 bridgehead atoms. The van der Waals surface area contributed by atoms with E-state index in [1.54, 1.807) is 19.2 Å². The number of rotatable bonds is 4. The maximum atomic E-state index is 13.7. The Morgan fingerprint density at radius 1 is 1.52 bits per heavy atom. The van der Waals surface area contributed by atoms with Gasteiger partial charge in [0.15, 0.2) is 5.69 Å². The summed E-state index contributed by atoms with van der Waals surface area (Å²) in [6.07, 6.45) is 2.15. The van der Waals surface area contributed by atoms with Gasteiger partial charge in [0, 0.05) is 29.6 Å². The summed E-state index contributed by atoms with van der Waals surface area (Å²) < 4.78 is 18.9. The van der Waals surface area contributed by atoms with E-state index < -0.39 is 5.82 Å². The van der Waals surface area contributed by atoms with Gasteiger partial charge in [0.1, 0.15) is 11.6 Å². The fourth-order valence-electron chi connectivity index (χ4n) is 2.14. The highest BCUT2D eigenvalue weighted by Crippen LogP contribution is 2.40. The summed E-state index contributed by atoms with van der Waals surface area (Å²) in [5.74, 6) is 0.395. The zero-order chi connectivity index (χ0) is 15.0. The van der Waals surface area contributed by atoms with Crippen LogP contribution in [0.5, 0.6) is 0 Å². The first-order chi connectivity index (χ1) is 10.1. The molecule has 1 amide bonds. The monoisotopic (exact) mass is 308 g/mol. The molecule has 0 aliphatic heterocycles. The first-order valence-electron chi connectivity index (χ1n) is 6.71. The molecule has 1 aliphatic rings. The first-order valence-corrected chi connectivity index (χ1v) is 7.09. The van der Waals surface area contributed by atoms with Crippen molar-refractivity contribution >= 4 is 17.5 Å². The average Bonchev–Trinajstić information content (AvgIpc) is 3.20. The van der Waals surface area contributed by atoms with Gasteiger partial charge in [-0.3, -0.25) is 4.79 Å². The molecule has 0 radical (unpaired) electrons. The third-order valence-electron chi connectivity index (χ3n) is 3.53. The van der Waals surface area contributed by atoms with Crippen LogP contribution in [-0.4, -0.2) is 23.0 Å². The summed E-state index contributed by atoms with van der Waals surface area (Å²) >= 11 is 5.97. The molecule has 0 saturated heterocycles. The van der Waals surface area contributed by atoms with Crippen LogP contribution in [0, 0.1) is 5.82 Å². The van der Waals surface area contributed by atoms with E-state index in [1.807, 2.05) is 0 Å². The maximum absolute atomic E-state index is 13.7. The van der Waals surface area contributed by atoms with E-state index >= 15 is 0 Å². The Morgan fingerprint density at radius 3 is 2.95 bits per heavy atom. The largest absolute Gasteiger partial charge is 0.360 e. The van der Waals surface area contributed by atoms with E-state index in [-0.39, 0.29) is 18.1 Å².